The normalized spacial score (nSPS) is 11.1. The summed E-state index contributed by atoms with van der Waals surface area (Å²) in [5.74, 6) is -0.369. The van der Waals surface area contributed by atoms with Gasteiger partial charge < -0.3 is 5.32 Å². The van der Waals surface area contributed by atoms with E-state index in [2.05, 4.69) is 5.32 Å². The minimum absolute atomic E-state index is 0.0353. The van der Waals surface area contributed by atoms with Gasteiger partial charge in [-0.1, -0.05) is 19.1 Å². The molecule has 1 N–H and O–H groups in total. The number of amides is 1. The number of anilines is 1. The molecule has 1 rings (SSSR count). The molecule has 0 spiro atoms. The van der Waals surface area contributed by atoms with Crippen LogP contribution in [0.4, 0.5) is 9.57 Å². The molecule has 15 heavy (non-hydrogen) atoms. The fourth-order valence-corrected chi connectivity index (χ4v) is 1.64. The summed E-state index contributed by atoms with van der Waals surface area (Å²) in [5.41, 5.74) is -0.0353. The Bertz CT molecular complexity index is 470. The van der Waals surface area contributed by atoms with Crippen molar-refractivity contribution in [1.82, 2.24) is 0 Å². The number of benzene rings is 1. The third-order valence-corrected chi connectivity index (χ3v) is 2.63. The number of para-hydroxylation sites is 1. The van der Waals surface area contributed by atoms with Crippen molar-refractivity contribution < 1.29 is 17.1 Å². The van der Waals surface area contributed by atoms with Crippen LogP contribution in [0, 0.1) is 0 Å². The summed E-state index contributed by atoms with van der Waals surface area (Å²) in [6.45, 7) is 1.61. The zero-order chi connectivity index (χ0) is 11.5. The van der Waals surface area contributed by atoms with Gasteiger partial charge in [0.2, 0.25) is 5.91 Å². The highest BCUT2D eigenvalue weighted by atomic mass is 32.3. The van der Waals surface area contributed by atoms with Crippen LogP contribution >= 0.6 is 0 Å². The molecule has 4 nitrogen and oxygen atoms in total. The monoisotopic (exact) mass is 231 g/mol. The molecule has 0 unspecified atom stereocenters. The molecule has 0 radical (unpaired) electrons. The highest BCUT2D eigenvalue weighted by molar-refractivity contribution is 7.86. The molecular formula is C9H10FNO3S. The molecule has 0 heterocycles. The zero-order valence-corrected chi connectivity index (χ0v) is 8.84. The number of halogens is 1. The average molecular weight is 231 g/mol. The molecule has 0 aromatic heterocycles. The second-order valence-electron chi connectivity index (χ2n) is 2.84. The van der Waals surface area contributed by atoms with Gasteiger partial charge >= 0.3 is 10.2 Å². The van der Waals surface area contributed by atoms with E-state index in [1.54, 1.807) is 6.92 Å². The van der Waals surface area contributed by atoms with Gasteiger partial charge in [0.25, 0.3) is 0 Å². The van der Waals surface area contributed by atoms with Gasteiger partial charge in [-0.05, 0) is 12.1 Å². The molecule has 6 heteroatoms. The van der Waals surface area contributed by atoms with Gasteiger partial charge in [-0.15, -0.1) is 3.89 Å². The Hall–Kier alpha value is -1.43. The molecule has 1 amide bonds. The van der Waals surface area contributed by atoms with Crippen molar-refractivity contribution in [3.63, 3.8) is 0 Å². The van der Waals surface area contributed by atoms with Crippen molar-refractivity contribution >= 4 is 21.8 Å². The molecule has 0 aliphatic carbocycles. The fraction of sp³-hybridized carbons (Fsp3) is 0.222. The van der Waals surface area contributed by atoms with Crippen LogP contribution in [0.3, 0.4) is 0 Å². The van der Waals surface area contributed by atoms with E-state index >= 15 is 0 Å². The standard InChI is InChI=1S/C9H10FNO3S/c1-2-9(12)11-7-5-3-4-6-8(7)15(10,13)14/h3-6H,2H2,1H3,(H,11,12). The number of nitrogens with one attached hydrogen (secondary N) is 1. The van der Waals surface area contributed by atoms with E-state index in [0.717, 1.165) is 6.07 Å². The van der Waals surface area contributed by atoms with Crippen LogP contribution in [0.5, 0.6) is 0 Å². The maximum atomic E-state index is 12.8. The molecular weight excluding hydrogens is 221 g/mol. The molecule has 1 aromatic carbocycles. The lowest BCUT2D eigenvalue weighted by Gasteiger charge is -2.06. The molecule has 0 saturated heterocycles. The molecule has 0 aliphatic heterocycles. The molecule has 0 saturated carbocycles. The molecule has 1 aromatic rings. The summed E-state index contributed by atoms with van der Waals surface area (Å²) in [6.07, 6.45) is 0.195. The van der Waals surface area contributed by atoms with Gasteiger partial charge in [0, 0.05) is 6.42 Å². The number of carbonyl (C=O) groups is 1. The third kappa shape index (κ3) is 3.02. The van der Waals surface area contributed by atoms with Crippen molar-refractivity contribution in [2.75, 3.05) is 5.32 Å². The summed E-state index contributed by atoms with van der Waals surface area (Å²) in [6, 6.07) is 5.33. The topological polar surface area (TPSA) is 63.2 Å². The summed E-state index contributed by atoms with van der Waals surface area (Å²) >= 11 is 0. The second-order valence-corrected chi connectivity index (χ2v) is 4.15. The van der Waals surface area contributed by atoms with E-state index in [1.807, 2.05) is 0 Å². The van der Waals surface area contributed by atoms with Crippen LogP contribution < -0.4 is 5.32 Å². The number of hydrogen-bond donors (Lipinski definition) is 1. The molecule has 0 fully saturated rings. The minimum Gasteiger partial charge on any atom is -0.325 e. The van der Waals surface area contributed by atoms with E-state index in [9.17, 15) is 17.1 Å². The van der Waals surface area contributed by atoms with Crippen LogP contribution in [-0.4, -0.2) is 14.3 Å². The molecule has 82 valence electrons. The second kappa shape index (κ2) is 4.39. The van der Waals surface area contributed by atoms with Crippen molar-refractivity contribution in [2.45, 2.75) is 18.2 Å². The summed E-state index contributed by atoms with van der Waals surface area (Å²) in [7, 11) is -4.80. The van der Waals surface area contributed by atoms with E-state index in [1.165, 1.54) is 18.2 Å². The predicted molar refractivity (Wildman–Crippen MR) is 53.7 cm³/mol. The number of hydrogen-bond acceptors (Lipinski definition) is 3. The van der Waals surface area contributed by atoms with Gasteiger partial charge in [0.15, 0.2) is 0 Å². The smallest absolute Gasteiger partial charge is 0.325 e. The maximum absolute atomic E-state index is 12.8. The molecule has 0 atom stereocenters. The van der Waals surface area contributed by atoms with Gasteiger partial charge in [-0.3, -0.25) is 4.79 Å². The van der Waals surface area contributed by atoms with Crippen LogP contribution in [0.2, 0.25) is 0 Å². The Morgan fingerprint density at radius 3 is 2.53 bits per heavy atom. The van der Waals surface area contributed by atoms with E-state index in [-0.39, 0.29) is 18.0 Å². The van der Waals surface area contributed by atoms with E-state index in [4.69, 9.17) is 0 Å². The highest BCUT2D eigenvalue weighted by Crippen LogP contribution is 2.22. The van der Waals surface area contributed by atoms with Crippen molar-refractivity contribution in [3.8, 4) is 0 Å². The van der Waals surface area contributed by atoms with Gasteiger partial charge in [0.1, 0.15) is 4.90 Å². The quantitative estimate of drug-likeness (QED) is 0.805. The Kier molecular flexibility index (Phi) is 3.41. The first-order chi connectivity index (χ1) is 6.95. The first kappa shape index (κ1) is 11.6. The highest BCUT2D eigenvalue weighted by Gasteiger charge is 2.17. The molecule has 0 aliphatic rings. The average Bonchev–Trinajstić information content (AvgIpc) is 2.17. The summed E-state index contributed by atoms with van der Waals surface area (Å²) in [4.78, 5) is 10.5. The number of rotatable bonds is 3. The lowest BCUT2D eigenvalue weighted by atomic mass is 10.3. The van der Waals surface area contributed by atoms with Gasteiger partial charge in [-0.25, -0.2) is 0 Å². The van der Waals surface area contributed by atoms with E-state index < -0.39 is 15.1 Å². The Labute approximate surface area is 87.3 Å². The maximum Gasteiger partial charge on any atom is 0.334 e. The largest absolute Gasteiger partial charge is 0.334 e. The van der Waals surface area contributed by atoms with Crippen LogP contribution in [0.1, 0.15) is 13.3 Å². The zero-order valence-electron chi connectivity index (χ0n) is 8.03. The lowest BCUT2D eigenvalue weighted by Crippen LogP contribution is -2.11. The fourth-order valence-electron chi connectivity index (χ4n) is 1.02. The first-order valence-corrected chi connectivity index (χ1v) is 5.67. The Morgan fingerprint density at radius 2 is 2.00 bits per heavy atom. The van der Waals surface area contributed by atoms with Gasteiger partial charge in [0.05, 0.1) is 5.69 Å². The molecule has 0 bridgehead atoms. The first-order valence-electron chi connectivity index (χ1n) is 4.28. The van der Waals surface area contributed by atoms with Crippen LogP contribution in [-0.2, 0) is 15.0 Å². The minimum atomic E-state index is -4.80. The third-order valence-electron chi connectivity index (χ3n) is 1.74. The van der Waals surface area contributed by atoms with Crippen molar-refractivity contribution in [1.29, 1.82) is 0 Å². The van der Waals surface area contributed by atoms with Crippen molar-refractivity contribution in [2.24, 2.45) is 0 Å². The Balaban J connectivity index is 3.13. The number of carbonyl (C=O) groups excluding carboxylic acids is 1. The van der Waals surface area contributed by atoms with Crippen molar-refractivity contribution in [3.05, 3.63) is 24.3 Å². The van der Waals surface area contributed by atoms with Gasteiger partial charge in [-0.2, -0.15) is 8.42 Å². The van der Waals surface area contributed by atoms with Crippen LogP contribution in [0.25, 0.3) is 0 Å². The predicted octanol–water partition coefficient (Wildman–Crippen LogP) is 1.69. The Morgan fingerprint density at radius 1 is 1.40 bits per heavy atom. The summed E-state index contributed by atoms with van der Waals surface area (Å²) in [5, 5.41) is 2.31. The SMILES string of the molecule is CCC(=O)Nc1ccccc1S(=O)(=O)F. The van der Waals surface area contributed by atoms with E-state index in [0.29, 0.717) is 0 Å². The summed E-state index contributed by atoms with van der Waals surface area (Å²) < 4.78 is 34.2. The van der Waals surface area contributed by atoms with Crippen LogP contribution in [0.15, 0.2) is 29.2 Å². The lowest BCUT2D eigenvalue weighted by molar-refractivity contribution is -0.115.